The Balaban J connectivity index is 1.24. The monoisotopic (exact) mass is 510 g/mol. The molecule has 6 nitrogen and oxygen atoms in total. The largest absolute Gasteiger partial charge is 0.462 e. The summed E-state index contributed by atoms with van der Waals surface area (Å²) in [6.45, 7) is 4.75. The molecule has 0 radical (unpaired) electrons. The van der Waals surface area contributed by atoms with Gasteiger partial charge in [-0.05, 0) is 38.5 Å². The molecule has 2 rings (SSSR count). The first kappa shape index (κ1) is 31.1. The fourth-order valence-electron chi connectivity index (χ4n) is 5.04. The lowest BCUT2D eigenvalue weighted by atomic mass is 10.1. The summed E-state index contributed by atoms with van der Waals surface area (Å²) < 4.78 is 21.7. The molecule has 0 saturated carbocycles. The third-order valence-electron chi connectivity index (χ3n) is 7.37. The van der Waals surface area contributed by atoms with Gasteiger partial charge in [-0.3, -0.25) is 9.59 Å². The molecule has 2 saturated heterocycles. The molecular formula is C30H54O6. The summed E-state index contributed by atoms with van der Waals surface area (Å²) in [4.78, 5) is 23.6. The highest BCUT2D eigenvalue weighted by Gasteiger charge is 2.37. The molecule has 36 heavy (non-hydrogen) atoms. The first-order valence-corrected chi connectivity index (χ1v) is 15.3. The minimum Gasteiger partial charge on any atom is -0.462 e. The zero-order valence-electron chi connectivity index (χ0n) is 23.3. The van der Waals surface area contributed by atoms with Gasteiger partial charge in [0.2, 0.25) is 0 Å². The van der Waals surface area contributed by atoms with Crippen LogP contribution in [0.4, 0.5) is 0 Å². The molecule has 0 aromatic carbocycles. The molecular weight excluding hydrogens is 456 g/mol. The van der Waals surface area contributed by atoms with Crippen molar-refractivity contribution in [1.29, 1.82) is 0 Å². The fourth-order valence-corrected chi connectivity index (χ4v) is 5.04. The van der Waals surface area contributed by atoms with Gasteiger partial charge < -0.3 is 18.9 Å². The Hall–Kier alpha value is -1.14. The number of unbranched alkanes of at least 4 members (excludes halogenated alkanes) is 10. The highest BCUT2D eigenvalue weighted by Crippen LogP contribution is 2.31. The van der Waals surface area contributed by atoms with E-state index in [9.17, 15) is 9.59 Å². The van der Waals surface area contributed by atoms with E-state index in [1.165, 1.54) is 89.9 Å². The summed E-state index contributed by atoms with van der Waals surface area (Å²) >= 11 is 0. The molecule has 2 fully saturated rings. The molecule has 0 spiro atoms. The number of carbonyl (C=O) groups is 2. The molecule has 6 heteroatoms. The van der Waals surface area contributed by atoms with Crippen molar-refractivity contribution in [3.05, 3.63) is 0 Å². The molecule has 0 N–H and O–H groups in total. The molecule has 0 aromatic rings. The van der Waals surface area contributed by atoms with Crippen LogP contribution in [0.1, 0.15) is 142 Å². The second kappa shape index (κ2) is 19.9. The van der Waals surface area contributed by atoms with Crippen molar-refractivity contribution in [2.45, 2.75) is 167 Å². The Kier molecular flexibility index (Phi) is 17.2. The summed E-state index contributed by atoms with van der Waals surface area (Å²) in [7, 11) is 0. The van der Waals surface area contributed by atoms with Crippen LogP contribution < -0.4 is 0 Å². The average molecular weight is 511 g/mol. The minimum absolute atomic E-state index is 0.163. The highest BCUT2D eigenvalue weighted by atomic mass is 16.6. The van der Waals surface area contributed by atoms with Crippen LogP contribution in [0, 0.1) is 0 Å². The van der Waals surface area contributed by atoms with Gasteiger partial charge in [-0.15, -0.1) is 0 Å². The van der Waals surface area contributed by atoms with Gasteiger partial charge in [0, 0.05) is 12.8 Å². The predicted molar refractivity (Wildman–Crippen MR) is 143 cm³/mol. The molecule has 2 heterocycles. The van der Waals surface area contributed by atoms with Crippen LogP contribution in [0.3, 0.4) is 0 Å². The Bertz CT molecular complexity index is 530. The van der Waals surface area contributed by atoms with E-state index in [1.54, 1.807) is 0 Å². The molecule has 4 unspecified atom stereocenters. The van der Waals surface area contributed by atoms with E-state index in [4.69, 9.17) is 18.9 Å². The van der Waals surface area contributed by atoms with Crippen LogP contribution in [-0.4, -0.2) is 49.6 Å². The van der Waals surface area contributed by atoms with Crippen LogP contribution >= 0.6 is 0 Å². The van der Waals surface area contributed by atoms with Crippen LogP contribution in [0.5, 0.6) is 0 Å². The molecule has 210 valence electrons. The molecule has 0 aliphatic carbocycles. The highest BCUT2D eigenvalue weighted by molar-refractivity contribution is 5.70. The van der Waals surface area contributed by atoms with E-state index in [2.05, 4.69) is 13.8 Å². The number of esters is 2. The Labute approximate surface area is 220 Å². The van der Waals surface area contributed by atoms with Gasteiger partial charge in [0.05, 0.1) is 24.4 Å². The zero-order chi connectivity index (χ0) is 25.8. The topological polar surface area (TPSA) is 77.7 Å². The SMILES string of the molecule is CCCC1OC1CCCCCCCCC(=O)OCCOC(=O)CCCCCCCCC1OC1CCC. The lowest BCUT2D eigenvalue weighted by Crippen LogP contribution is -2.13. The second-order valence-electron chi connectivity index (χ2n) is 10.8. The summed E-state index contributed by atoms with van der Waals surface area (Å²) in [5.41, 5.74) is 0. The van der Waals surface area contributed by atoms with E-state index < -0.39 is 0 Å². The van der Waals surface area contributed by atoms with Gasteiger partial charge in [0.1, 0.15) is 13.2 Å². The number of rotatable bonds is 25. The zero-order valence-corrected chi connectivity index (χ0v) is 23.3. The maximum absolute atomic E-state index is 11.8. The minimum atomic E-state index is -0.187. The Morgan fingerprint density at radius 3 is 1.22 bits per heavy atom. The van der Waals surface area contributed by atoms with Crippen molar-refractivity contribution in [3.8, 4) is 0 Å². The number of epoxide rings is 2. The summed E-state index contributed by atoms with van der Waals surface area (Å²) in [6.07, 6.45) is 24.0. The van der Waals surface area contributed by atoms with E-state index >= 15 is 0 Å². The van der Waals surface area contributed by atoms with E-state index in [1.807, 2.05) is 0 Å². The summed E-state index contributed by atoms with van der Waals surface area (Å²) in [5, 5.41) is 0. The van der Waals surface area contributed by atoms with Gasteiger partial charge in [-0.2, -0.15) is 0 Å². The van der Waals surface area contributed by atoms with E-state index in [0.29, 0.717) is 37.3 Å². The lowest BCUT2D eigenvalue weighted by Gasteiger charge is -2.07. The average Bonchev–Trinajstić information content (AvgIpc) is 3.78. The number of hydrogen-bond acceptors (Lipinski definition) is 6. The van der Waals surface area contributed by atoms with Crippen LogP contribution in [0.2, 0.25) is 0 Å². The number of ether oxygens (including phenoxy) is 4. The van der Waals surface area contributed by atoms with Crippen LogP contribution in [0.15, 0.2) is 0 Å². The molecule has 2 aliphatic heterocycles. The number of carbonyl (C=O) groups excluding carboxylic acids is 2. The van der Waals surface area contributed by atoms with Gasteiger partial charge in [0.25, 0.3) is 0 Å². The summed E-state index contributed by atoms with van der Waals surface area (Å²) in [6, 6.07) is 0. The maximum Gasteiger partial charge on any atom is 0.305 e. The molecule has 4 atom stereocenters. The number of hydrogen-bond donors (Lipinski definition) is 0. The van der Waals surface area contributed by atoms with Crippen molar-refractivity contribution in [1.82, 2.24) is 0 Å². The van der Waals surface area contributed by atoms with Gasteiger partial charge >= 0.3 is 11.9 Å². The third kappa shape index (κ3) is 15.9. The Morgan fingerprint density at radius 2 is 0.833 bits per heavy atom. The van der Waals surface area contributed by atoms with Gasteiger partial charge in [-0.25, -0.2) is 0 Å². The van der Waals surface area contributed by atoms with Crippen LogP contribution in [0.25, 0.3) is 0 Å². The van der Waals surface area contributed by atoms with Crippen molar-refractivity contribution < 1.29 is 28.5 Å². The van der Waals surface area contributed by atoms with E-state index in [-0.39, 0.29) is 25.2 Å². The third-order valence-corrected chi connectivity index (χ3v) is 7.37. The normalized spacial score (nSPS) is 22.4. The van der Waals surface area contributed by atoms with Crippen molar-refractivity contribution in [2.75, 3.05) is 13.2 Å². The fraction of sp³-hybridized carbons (Fsp3) is 0.933. The first-order chi connectivity index (χ1) is 17.6. The maximum atomic E-state index is 11.8. The molecule has 0 bridgehead atoms. The molecule has 0 amide bonds. The molecule has 2 aliphatic rings. The smallest absolute Gasteiger partial charge is 0.305 e. The standard InChI is InChI=1S/C30H54O6/c1-3-17-25-27(35-25)19-13-9-5-7-11-15-21-29(31)33-23-24-34-30(32)22-16-12-8-6-10-14-20-28-26(36-28)18-4-2/h25-28H,3-24H2,1-2H3. The molecule has 0 aromatic heterocycles. The van der Waals surface area contributed by atoms with E-state index in [0.717, 1.165) is 25.7 Å². The lowest BCUT2D eigenvalue weighted by molar-refractivity contribution is -0.152. The predicted octanol–water partition coefficient (Wildman–Crippen LogP) is 7.45. The van der Waals surface area contributed by atoms with Gasteiger partial charge in [-0.1, -0.05) is 90.9 Å². The van der Waals surface area contributed by atoms with Gasteiger partial charge in [0.15, 0.2) is 0 Å². The quantitative estimate of drug-likeness (QED) is 0.0721. The van der Waals surface area contributed by atoms with Crippen molar-refractivity contribution in [2.24, 2.45) is 0 Å². The van der Waals surface area contributed by atoms with Crippen molar-refractivity contribution >= 4 is 11.9 Å². The first-order valence-electron chi connectivity index (χ1n) is 15.3. The second-order valence-corrected chi connectivity index (χ2v) is 10.8. The Morgan fingerprint density at radius 1 is 0.500 bits per heavy atom. The van der Waals surface area contributed by atoms with Crippen molar-refractivity contribution in [3.63, 3.8) is 0 Å². The van der Waals surface area contributed by atoms with Crippen LogP contribution in [-0.2, 0) is 28.5 Å². The summed E-state index contributed by atoms with van der Waals surface area (Å²) in [5.74, 6) is -0.374.